The van der Waals surface area contributed by atoms with Gasteiger partial charge in [-0.2, -0.15) is 0 Å². The molecule has 2 rings (SSSR count). The highest BCUT2D eigenvalue weighted by atomic mass is 32.2. The van der Waals surface area contributed by atoms with Gasteiger partial charge in [-0.15, -0.1) is 0 Å². The molecule has 1 aromatic rings. The Balaban J connectivity index is 2.53. The summed E-state index contributed by atoms with van der Waals surface area (Å²) in [5.74, 6) is 0. The maximum absolute atomic E-state index is 10.5. The van der Waals surface area contributed by atoms with E-state index >= 15 is 0 Å². The number of thiol groups is 1. The molecule has 0 saturated heterocycles. The summed E-state index contributed by atoms with van der Waals surface area (Å²) < 4.78 is 4.09. The third-order valence-electron chi connectivity index (χ3n) is 1.60. The molecule has 0 fully saturated rings. The molecule has 1 aliphatic rings. The molecule has 11 heavy (non-hydrogen) atoms. The van der Waals surface area contributed by atoms with E-state index in [1.165, 1.54) is 0 Å². The minimum Gasteiger partial charge on any atom is -0.291 e. The molecule has 1 aromatic carbocycles. The molecule has 0 spiro atoms. The Morgan fingerprint density at radius 3 is 3.00 bits per heavy atom. The lowest BCUT2D eigenvalue weighted by atomic mass is 10.2. The van der Waals surface area contributed by atoms with Crippen molar-refractivity contribution in [1.82, 2.24) is 0 Å². The number of nitrogens with zero attached hydrogens (tertiary/aromatic N) is 1. The van der Waals surface area contributed by atoms with E-state index in [1.54, 1.807) is 6.21 Å². The van der Waals surface area contributed by atoms with Crippen LogP contribution in [0.4, 0.5) is 0 Å². The van der Waals surface area contributed by atoms with Gasteiger partial charge in [-0.05, 0) is 6.07 Å². The second kappa shape index (κ2) is 2.51. The summed E-state index contributed by atoms with van der Waals surface area (Å²) in [7, 11) is 0. The van der Waals surface area contributed by atoms with Crippen LogP contribution in [0.2, 0.25) is 0 Å². The Morgan fingerprint density at radius 1 is 1.36 bits per heavy atom. The highest BCUT2D eigenvalue weighted by Crippen LogP contribution is 2.40. The van der Waals surface area contributed by atoms with Crippen LogP contribution in [0.15, 0.2) is 33.6 Å². The summed E-state index contributed by atoms with van der Waals surface area (Å²) in [4.78, 5) is 11.6. The average molecular weight is 165 g/mol. The minimum atomic E-state index is -0.870. The fraction of sp³-hybridized carbons (Fsp3) is 0. The van der Waals surface area contributed by atoms with Crippen LogP contribution >= 0.6 is 11.1 Å². The third-order valence-corrected chi connectivity index (χ3v) is 3.07. The van der Waals surface area contributed by atoms with Gasteiger partial charge in [0.05, 0.1) is 0 Å². The Labute approximate surface area is 67.4 Å². The molecule has 3 heteroatoms. The predicted molar refractivity (Wildman–Crippen MR) is 48.0 cm³/mol. The molecule has 1 unspecified atom stereocenters. The van der Waals surface area contributed by atoms with Gasteiger partial charge >= 0.3 is 0 Å². The van der Waals surface area contributed by atoms with E-state index in [4.69, 9.17) is 0 Å². The highest BCUT2D eigenvalue weighted by Gasteiger charge is 2.12. The first-order valence-corrected chi connectivity index (χ1v) is 4.66. The molecule has 56 valence electrons. The summed E-state index contributed by atoms with van der Waals surface area (Å²) in [6.07, 6.45) is 1.77. The van der Waals surface area contributed by atoms with Crippen molar-refractivity contribution in [2.24, 2.45) is 4.40 Å². The molecule has 2 nitrogen and oxygen atoms in total. The number of carbonyl (C=O) groups excluding carboxylic acids is 1. The second-order valence-corrected chi connectivity index (χ2v) is 3.87. The van der Waals surface area contributed by atoms with Gasteiger partial charge in [0, 0.05) is 16.7 Å². The molecule has 0 N–H and O–H groups in total. The monoisotopic (exact) mass is 165 g/mol. The molecule has 0 bridgehead atoms. The molecule has 1 heterocycles. The van der Waals surface area contributed by atoms with Crippen molar-refractivity contribution in [2.45, 2.75) is 4.90 Å². The topological polar surface area (TPSA) is 29.4 Å². The lowest BCUT2D eigenvalue weighted by molar-refractivity contribution is 0.569. The largest absolute Gasteiger partial charge is 0.291 e. The van der Waals surface area contributed by atoms with Gasteiger partial charge in [0.15, 0.2) is 5.62 Å². The summed E-state index contributed by atoms with van der Waals surface area (Å²) in [6.45, 7) is 0. The van der Waals surface area contributed by atoms with Crippen molar-refractivity contribution < 1.29 is 4.79 Å². The normalized spacial score (nSPS) is 23.1. The molecule has 0 radical (unpaired) electrons. The number of rotatable bonds is 1. The number of benzene rings is 1. The quantitative estimate of drug-likeness (QED) is 0.497. The predicted octanol–water partition coefficient (Wildman–Crippen LogP) is 1.58. The second-order valence-electron chi connectivity index (χ2n) is 2.25. The lowest BCUT2D eigenvalue weighted by Gasteiger charge is -2.02. The van der Waals surface area contributed by atoms with E-state index in [0.717, 1.165) is 16.1 Å². The van der Waals surface area contributed by atoms with Crippen molar-refractivity contribution in [3.63, 3.8) is 0 Å². The Bertz CT molecular complexity index is 322. The first kappa shape index (κ1) is 6.61. The molecule has 1 aliphatic heterocycles. The zero-order chi connectivity index (χ0) is 7.68. The molecule has 0 aromatic heterocycles. The van der Waals surface area contributed by atoms with E-state index in [2.05, 4.69) is 4.40 Å². The lowest BCUT2D eigenvalue weighted by Crippen LogP contribution is -1.79. The summed E-state index contributed by atoms with van der Waals surface area (Å²) in [6, 6.07) is 7.83. The maximum Gasteiger partial charge on any atom is 0.179 e. The van der Waals surface area contributed by atoms with Gasteiger partial charge in [-0.25, -0.2) is 4.40 Å². The van der Waals surface area contributed by atoms with E-state index in [-0.39, 0.29) is 0 Å². The zero-order valence-electron chi connectivity index (χ0n) is 5.77. The van der Waals surface area contributed by atoms with Gasteiger partial charge in [-0.1, -0.05) is 29.3 Å². The van der Waals surface area contributed by atoms with Crippen molar-refractivity contribution in [1.29, 1.82) is 0 Å². The van der Waals surface area contributed by atoms with Crippen LogP contribution in [-0.4, -0.2) is 11.8 Å². The van der Waals surface area contributed by atoms with Crippen LogP contribution in [-0.2, 0) is 4.79 Å². The maximum atomic E-state index is 10.5. The van der Waals surface area contributed by atoms with E-state index < -0.39 is 11.1 Å². The third kappa shape index (κ3) is 0.973. The molecule has 0 aliphatic carbocycles. The van der Waals surface area contributed by atoms with Crippen molar-refractivity contribution in [3.05, 3.63) is 29.8 Å². The fourth-order valence-corrected chi connectivity index (χ4v) is 2.25. The molecular formula is C8H7NOS. The number of hydrogen-bond donors (Lipinski definition) is 1. The molecule has 0 saturated carbocycles. The first-order chi connectivity index (χ1) is 5.42. The number of fused-ring (bicyclic) bond motifs is 1. The van der Waals surface area contributed by atoms with Gasteiger partial charge in [0.1, 0.15) is 0 Å². The van der Waals surface area contributed by atoms with Crippen LogP contribution in [0.5, 0.6) is 0 Å². The minimum absolute atomic E-state index is 0.870. The first-order valence-electron chi connectivity index (χ1n) is 3.29. The van der Waals surface area contributed by atoms with Crippen LogP contribution in [0.1, 0.15) is 5.56 Å². The van der Waals surface area contributed by atoms with Gasteiger partial charge in [0.25, 0.3) is 0 Å². The van der Waals surface area contributed by atoms with E-state index in [1.807, 2.05) is 24.3 Å². The number of carbonyl (C=O) groups is 1. The van der Waals surface area contributed by atoms with Crippen molar-refractivity contribution in [3.8, 4) is 0 Å². The summed E-state index contributed by atoms with van der Waals surface area (Å²) in [5, 5.41) is 0. The molecule has 0 amide bonds. The summed E-state index contributed by atoms with van der Waals surface area (Å²) in [5.41, 5.74) is 2.02. The molecular weight excluding hydrogens is 158 g/mol. The van der Waals surface area contributed by atoms with Crippen LogP contribution < -0.4 is 0 Å². The van der Waals surface area contributed by atoms with Crippen LogP contribution in [0.25, 0.3) is 0 Å². The standard InChI is InChI=1S/C8H7NOS/c10-6-11-8-4-2-1-3-7(8)5-9-11/h1-6,11H. The average Bonchev–Trinajstić information content (AvgIpc) is 2.47. The number of hydrogen-bond acceptors (Lipinski definition) is 2. The van der Waals surface area contributed by atoms with Gasteiger partial charge < -0.3 is 0 Å². The fourth-order valence-electron chi connectivity index (χ4n) is 1.08. The van der Waals surface area contributed by atoms with Crippen LogP contribution in [0, 0.1) is 0 Å². The Hall–Kier alpha value is -1.09. The Kier molecular flexibility index (Phi) is 1.51. The van der Waals surface area contributed by atoms with E-state index in [9.17, 15) is 4.79 Å². The zero-order valence-corrected chi connectivity index (χ0v) is 6.66. The summed E-state index contributed by atoms with van der Waals surface area (Å²) >= 11 is -0.870. The smallest absolute Gasteiger partial charge is 0.179 e. The molecule has 1 atom stereocenters. The Morgan fingerprint density at radius 2 is 2.18 bits per heavy atom. The van der Waals surface area contributed by atoms with Gasteiger partial charge in [-0.3, -0.25) is 4.79 Å². The highest BCUT2D eigenvalue weighted by molar-refractivity contribution is 8.27. The van der Waals surface area contributed by atoms with Crippen molar-refractivity contribution >= 4 is 22.9 Å². The van der Waals surface area contributed by atoms with Crippen LogP contribution in [0.3, 0.4) is 0 Å². The van der Waals surface area contributed by atoms with Crippen molar-refractivity contribution in [2.75, 3.05) is 0 Å². The van der Waals surface area contributed by atoms with Gasteiger partial charge in [0.2, 0.25) is 0 Å². The SMILES string of the molecule is O=C[SH]1N=Cc2ccccc21. The van der Waals surface area contributed by atoms with E-state index in [0.29, 0.717) is 0 Å².